The quantitative estimate of drug-likeness (QED) is 0.571. The Morgan fingerprint density at radius 3 is 1.24 bits per heavy atom. The lowest BCUT2D eigenvalue weighted by molar-refractivity contribution is -0.162. The van der Waals surface area contributed by atoms with Crippen molar-refractivity contribution in [1.82, 2.24) is 0 Å². The molecule has 148 valence electrons. The Hall–Kier alpha value is -1.26. The minimum atomic E-state index is -0.985. The Balaban J connectivity index is 6.60. The minimum absolute atomic E-state index is 0.233. The van der Waals surface area contributed by atoms with Gasteiger partial charge in [0.05, 0.1) is 5.41 Å². The van der Waals surface area contributed by atoms with E-state index < -0.39 is 23.0 Å². The highest BCUT2D eigenvalue weighted by molar-refractivity contribution is 5.83. The zero-order valence-electron chi connectivity index (χ0n) is 17.5. The molecule has 25 heavy (non-hydrogen) atoms. The van der Waals surface area contributed by atoms with E-state index in [1.807, 2.05) is 0 Å². The number of amides is 2. The van der Waals surface area contributed by atoms with Crippen molar-refractivity contribution >= 4 is 12.0 Å². The highest BCUT2D eigenvalue weighted by Gasteiger charge is 2.58. The fourth-order valence-electron chi connectivity index (χ4n) is 4.44. The summed E-state index contributed by atoms with van der Waals surface area (Å²) >= 11 is 0. The number of rotatable bonds is 11. The van der Waals surface area contributed by atoms with Crippen molar-refractivity contribution < 1.29 is 14.3 Å². The largest absolute Gasteiger partial charge is 0.442 e. The van der Waals surface area contributed by atoms with Crippen LogP contribution in [0.3, 0.4) is 0 Å². The molecule has 0 aromatic heterocycles. The zero-order chi connectivity index (χ0) is 20.0. The topological polar surface area (TPSA) is 95.4 Å². The van der Waals surface area contributed by atoms with Gasteiger partial charge in [0.25, 0.3) is 0 Å². The summed E-state index contributed by atoms with van der Waals surface area (Å²) in [7, 11) is 0. The third kappa shape index (κ3) is 6.52. The highest BCUT2D eigenvalue weighted by atomic mass is 16.6. The molecule has 0 aromatic rings. The van der Waals surface area contributed by atoms with Gasteiger partial charge < -0.3 is 16.2 Å². The lowest BCUT2D eigenvalue weighted by Gasteiger charge is -2.51. The lowest BCUT2D eigenvalue weighted by atomic mass is 9.58. The molecule has 4 N–H and O–H groups in total. The standard InChI is InChI=1S/C20H40N2O3/c1-13(2)9-19(17(21)23,10-14(3)4)20(11-15(5)6,12-16(7)8)25-18(22)24/h13-16H,9-12H2,1-8H3,(H2,21,23)(H2,22,24). The zero-order valence-corrected chi connectivity index (χ0v) is 17.5. The molecule has 0 rings (SSSR count). The van der Waals surface area contributed by atoms with Gasteiger partial charge in [-0.15, -0.1) is 0 Å². The predicted octanol–water partition coefficient (Wildman–Crippen LogP) is 4.48. The molecule has 0 aromatic carbocycles. The maximum absolute atomic E-state index is 12.9. The molecule has 0 atom stereocenters. The summed E-state index contributed by atoms with van der Waals surface area (Å²) in [5.74, 6) is 0.549. The molecule has 0 aliphatic heterocycles. The number of hydrogen-bond donors (Lipinski definition) is 2. The summed E-state index contributed by atoms with van der Waals surface area (Å²) < 4.78 is 5.83. The maximum atomic E-state index is 12.9. The second-order valence-corrected chi connectivity index (χ2v) is 9.25. The van der Waals surface area contributed by atoms with Crippen molar-refractivity contribution in [2.24, 2.45) is 40.6 Å². The van der Waals surface area contributed by atoms with Crippen molar-refractivity contribution in [2.45, 2.75) is 86.7 Å². The van der Waals surface area contributed by atoms with Crippen LogP contribution in [0.1, 0.15) is 81.1 Å². The van der Waals surface area contributed by atoms with E-state index in [4.69, 9.17) is 16.2 Å². The first-order valence-electron chi connectivity index (χ1n) is 9.56. The molecule has 0 saturated carbocycles. The second kappa shape index (κ2) is 9.44. The fraction of sp³-hybridized carbons (Fsp3) is 0.900. The van der Waals surface area contributed by atoms with Crippen LogP contribution in [0.5, 0.6) is 0 Å². The molecule has 0 heterocycles. The minimum Gasteiger partial charge on any atom is -0.442 e. The summed E-state index contributed by atoms with van der Waals surface area (Å²) in [4.78, 5) is 24.7. The van der Waals surface area contributed by atoms with Crippen molar-refractivity contribution in [2.75, 3.05) is 0 Å². The van der Waals surface area contributed by atoms with E-state index in [1.165, 1.54) is 0 Å². The van der Waals surface area contributed by atoms with Crippen LogP contribution in [0, 0.1) is 29.1 Å². The summed E-state index contributed by atoms with van der Waals surface area (Å²) in [5, 5.41) is 0. The van der Waals surface area contributed by atoms with Crippen LogP contribution in [0.15, 0.2) is 0 Å². The molecular formula is C20H40N2O3. The van der Waals surface area contributed by atoms with E-state index >= 15 is 0 Å². The van der Waals surface area contributed by atoms with Gasteiger partial charge in [0, 0.05) is 0 Å². The summed E-state index contributed by atoms with van der Waals surface area (Å²) in [6.45, 7) is 16.5. The van der Waals surface area contributed by atoms with Crippen LogP contribution in [0.4, 0.5) is 4.79 Å². The summed E-state index contributed by atoms with van der Waals surface area (Å²) in [5.41, 5.74) is 9.57. The maximum Gasteiger partial charge on any atom is 0.405 e. The van der Waals surface area contributed by atoms with Crippen molar-refractivity contribution in [3.8, 4) is 0 Å². The number of hydrogen-bond acceptors (Lipinski definition) is 3. The highest BCUT2D eigenvalue weighted by Crippen LogP contribution is 2.51. The normalized spacial score (nSPS) is 13.1. The van der Waals surface area contributed by atoms with Gasteiger partial charge in [-0.05, 0) is 49.4 Å². The molecule has 0 aliphatic rings. The number of ether oxygens (including phenoxy) is 1. The van der Waals surface area contributed by atoms with Gasteiger partial charge >= 0.3 is 6.09 Å². The Kier molecular flexibility index (Phi) is 8.97. The van der Waals surface area contributed by atoms with Gasteiger partial charge in [0.15, 0.2) is 0 Å². The van der Waals surface area contributed by atoms with Gasteiger partial charge in [-0.25, -0.2) is 4.79 Å². The summed E-state index contributed by atoms with van der Waals surface area (Å²) in [6.07, 6.45) is 1.45. The number of primary amides is 2. The van der Waals surface area contributed by atoms with Crippen molar-refractivity contribution in [3.63, 3.8) is 0 Å². The molecule has 0 unspecified atom stereocenters. The van der Waals surface area contributed by atoms with Gasteiger partial charge in [0.2, 0.25) is 5.91 Å². The molecule has 0 spiro atoms. The molecule has 2 amide bonds. The number of carbonyl (C=O) groups is 2. The fourth-order valence-corrected chi connectivity index (χ4v) is 4.44. The molecule has 5 heteroatoms. The average molecular weight is 357 g/mol. The number of nitrogens with two attached hydrogens (primary N) is 2. The Labute approximate surface area is 154 Å². The van der Waals surface area contributed by atoms with E-state index in [2.05, 4.69) is 55.4 Å². The van der Waals surface area contributed by atoms with Crippen molar-refractivity contribution in [3.05, 3.63) is 0 Å². The van der Waals surface area contributed by atoms with Gasteiger partial charge in [-0.1, -0.05) is 55.4 Å². The molecule has 0 saturated heterocycles. The van der Waals surface area contributed by atoms with Crippen LogP contribution < -0.4 is 11.5 Å². The van der Waals surface area contributed by atoms with Gasteiger partial charge in [0.1, 0.15) is 5.60 Å². The molecule has 0 radical (unpaired) electrons. The Morgan fingerprint density at radius 2 is 1.04 bits per heavy atom. The van der Waals surface area contributed by atoms with Crippen LogP contribution >= 0.6 is 0 Å². The van der Waals surface area contributed by atoms with E-state index in [0.29, 0.717) is 25.7 Å². The first-order chi connectivity index (χ1) is 11.3. The van der Waals surface area contributed by atoms with Gasteiger partial charge in [-0.2, -0.15) is 0 Å². The molecular weight excluding hydrogens is 316 g/mol. The second-order valence-electron chi connectivity index (χ2n) is 9.25. The molecule has 0 bridgehead atoms. The van der Waals surface area contributed by atoms with E-state index in [0.717, 1.165) is 0 Å². The van der Waals surface area contributed by atoms with Crippen LogP contribution in [-0.2, 0) is 9.53 Å². The average Bonchev–Trinajstić information content (AvgIpc) is 2.33. The first-order valence-corrected chi connectivity index (χ1v) is 9.56. The van der Waals surface area contributed by atoms with Crippen LogP contribution in [0.2, 0.25) is 0 Å². The first kappa shape index (κ1) is 23.7. The van der Waals surface area contributed by atoms with E-state index in [1.54, 1.807) is 0 Å². The lowest BCUT2D eigenvalue weighted by Crippen LogP contribution is -2.60. The van der Waals surface area contributed by atoms with Gasteiger partial charge in [-0.3, -0.25) is 4.79 Å². The monoisotopic (exact) mass is 356 g/mol. The molecule has 0 fully saturated rings. The Morgan fingerprint density at radius 1 is 0.720 bits per heavy atom. The summed E-state index contributed by atoms with van der Waals surface area (Å²) in [6, 6.07) is 0. The molecule has 0 aliphatic carbocycles. The third-order valence-corrected chi connectivity index (χ3v) is 4.63. The van der Waals surface area contributed by atoms with Crippen LogP contribution in [0.25, 0.3) is 0 Å². The molecule has 5 nitrogen and oxygen atoms in total. The SMILES string of the molecule is CC(C)CC(CC(C)C)(OC(N)=O)C(CC(C)C)(CC(C)C)C(N)=O. The van der Waals surface area contributed by atoms with Crippen molar-refractivity contribution in [1.29, 1.82) is 0 Å². The smallest absolute Gasteiger partial charge is 0.405 e. The van der Waals surface area contributed by atoms with E-state index in [9.17, 15) is 9.59 Å². The van der Waals surface area contributed by atoms with E-state index in [-0.39, 0.29) is 23.7 Å². The third-order valence-electron chi connectivity index (χ3n) is 4.63. The predicted molar refractivity (Wildman–Crippen MR) is 103 cm³/mol. The van der Waals surface area contributed by atoms with Crippen LogP contribution in [-0.4, -0.2) is 17.6 Å². The number of carbonyl (C=O) groups excluding carboxylic acids is 2. The Bertz CT molecular complexity index is 422.